The van der Waals surface area contributed by atoms with Crippen molar-refractivity contribution >= 4 is 23.5 Å². The van der Waals surface area contributed by atoms with Crippen LogP contribution in [0, 0.1) is 11.8 Å². The maximum absolute atomic E-state index is 11.0. The van der Waals surface area contributed by atoms with E-state index in [0.717, 1.165) is 0 Å². The standard InChI is InChI=1S/C8H14O3.C7H12O3/c1-4-7(6(3)9)8(10)11-5-2;1-5(2)6(8)4-7(9)10-3/h7H,4-5H2,1-3H3;5H,4H2,1-3H3. The van der Waals surface area contributed by atoms with Gasteiger partial charge in [0.1, 0.15) is 23.9 Å². The maximum Gasteiger partial charge on any atom is 0.316 e. The van der Waals surface area contributed by atoms with Crippen molar-refractivity contribution in [1.29, 1.82) is 0 Å². The van der Waals surface area contributed by atoms with Crippen LogP contribution in [-0.2, 0) is 28.7 Å². The molecule has 0 aromatic rings. The van der Waals surface area contributed by atoms with Crippen LogP contribution < -0.4 is 0 Å². The first-order chi connectivity index (χ1) is 9.70. The normalized spacial score (nSPS) is 11.0. The highest BCUT2D eigenvalue weighted by Crippen LogP contribution is 2.06. The smallest absolute Gasteiger partial charge is 0.316 e. The first kappa shape index (κ1) is 21.6. The number of hydrogen-bond acceptors (Lipinski definition) is 6. The van der Waals surface area contributed by atoms with Crippen LogP contribution in [0.25, 0.3) is 0 Å². The van der Waals surface area contributed by atoms with Crippen molar-refractivity contribution < 1.29 is 28.7 Å². The Kier molecular flexibility index (Phi) is 12.4. The van der Waals surface area contributed by atoms with E-state index in [2.05, 4.69) is 4.74 Å². The van der Waals surface area contributed by atoms with Gasteiger partial charge in [-0.15, -0.1) is 0 Å². The van der Waals surface area contributed by atoms with E-state index < -0.39 is 17.9 Å². The second-order valence-corrected chi connectivity index (χ2v) is 4.70. The zero-order valence-electron chi connectivity index (χ0n) is 13.7. The molecule has 0 aromatic carbocycles. The number of Topliss-reactive ketones (excluding diaryl/α,β-unsaturated/α-hetero) is 2. The minimum Gasteiger partial charge on any atom is -0.469 e. The Morgan fingerprint density at radius 3 is 1.86 bits per heavy atom. The lowest BCUT2D eigenvalue weighted by molar-refractivity contribution is -0.151. The molecule has 0 saturated heterocycles. The van der Waals surface area contributed by atoms with E-state index in [1.54, 1.807) is 27.7 Å². The largest absolute Gasteiger partial charge is 0.469 e. The lowest BCUT2D eigenvalue weighted by atomic mass is 10.0. The molecule has 0 heterocycles. The summed E-state index contributed by atoms with van der Waals surface area (Å²) in [5, 5.41) is 0. The van der Waals surface area contributed by atoms with Gasteiger partial charge < -0.3 is 9.47 Å². The van der Waals surface area contributed by atoms with E-state index in [4.69, 9.17) is 4.74 Å². The van der Waals surface area contributed by atoms with Crippen LogP contribution in [0.3, 0.4) is 0 Å². The van der Waals surface area contributed by atoms with E-state index in [-0.39, 0.29) is 23.9 Å². The van der Waals surface area contributed by atoms with Crippen LogP contribution >= 0.6 is 0 Å². The number of carbonyl (C=O) groups excluding carboxylic acids is 4. The van der Waals surface area contributed by atoms with E-state index in [1.165, 1.54) is 14.0 Å². The fourth-order valence-electron chi connectivity index (χ4n) is 1.28. The highest BCUT2D eigenvalue weighted by Gasteiger charge is 2.21. The Hall–Kier alpha value is -1.72. The predicted molar refractivity (Wildman–Crippen MR) is 77.6 cm³/mol. The molecule has 0 aliphatic heterocycles. The quantitative estimate of drug-likeness (QED) is 0.527. The van der Waals surface area contributed by atoms with Crippen LogP contribution in [0.2, 0.25) is 0 Å². The molecule has 0 rings (SSSR count). The maximum atomic E-state index is 11.0. The molecule has 0 saturated carbocycles. The third kappa shape index (κ3) is 10.7. The average molecular weight is 302 g/mol. The molecule has 0 aromatic heterocycles. The van der Waals surface area contributed by atoms with Gasteiger partial charge in [0, 0.05) is 5.92 Å². The zero-order valence-corrected chi connectivity index (χ0v) is 13.7. The molecule has 0 aliphatic carbocycles. The van der Waals surface area contributed by atoms with E-state index in [9.17, 15) is 19.2 Å². The molecule has 6 nitrogen and oxygen atoms in total. The highest BCUT2D eigenvalue weighted by atomic mass is 16.5. The van der Waals surface area contributed by atoms with Crippen molar-refractivity contribution in [2.75, 3.05) is 13.7 Å². The van der Waals surface area contributed by atoms with Gasteiger partial charge in [-0.2, -0.15) is 0 Å². The minimum absolute atomic E-state index is 0.0770. The summed E-state index contributed by atoms with van der Waals surface area (Å²) in [6.07, 6.45) is 0.419. The molecule has 0 radical (unpaired) electrons. The second-order valence-electron chi connectivity index (χ2n) is 4.70. The molecule has 6 heteroatoms. The summed E-state index contributed by atoms with van der Waals surface area (Å²) < 4.78 is 9.01. The van der Waals surface area contributed by atoms with Gasteiger partial charge in [-0.3, -0.25) is 19.2 Å². The van der Waals surface area contributed by atoms with Gasteiger partial charge in [-0.25, -0.2) is 0 Å². The number of esters is 2. The van der Waals surface area contributed by atoms with E-state index in [0.29, 0.717) is 13.0 Å². The van der Waals surface area contributed by atoms with Crippen LogP contribution in [0.1, 0.15) is 47.5 Å². The summed E-state index contributed by atoms with van der Waals surface area (Å²) >= 11 is 0. The molecular weight excluding hydrogens is 276 g/mol. The minimum atomic E-state index is -0.560. The molecule has 0 bridgehead atoms. The fourth-order valence-corrected chi connectivity index (χ4v) is 1.28. The van der Waals surface area contributed by atoms with Crippen molar-refractivity contribution in [3.05, 3.63) is 0 Å². The molecule has 0 spiro atoms. The van der Waals surface area contributed by atoms with Crippen LogP contribution in [0.4, 0.5) is 0 Å². The van der Waals surface area contributed by atoms with Crippen LogP contribution in [0.5, 0.6) is 0 Å². The third-order valence-corrected chi connectivity index (χ3v) is 2.66. The Morgan fingerprint density at radius 2 is 1.57 bits per heavy atom. The van der Waals surface area contributed by atoms with Gasteiger partial charge in [-0.1, -0.05) is 20.8 Å². The van der Waals surface area contributed by atoms with Gasteiger partial charge in [0.2, 0.25) is 0 Å². The van der Waals surface area contributed by atoms with Crippen molar-refractivity contribution in [1.82, 2.24) is 0 Å². The number of rotatable bonds is 7. The Morgan fingerprint density at radius 1 is 1.05 bits per heavy atom. The Bertz CT molecular complexity index is 359. The average Bonchev–Trinajstić information content (AvgIpc) is 2.39. The molecule has 21 heavy (non-hydrogen) atoms. The third-order valence-electron chi connectivity index (χ3n) is 2.66. The number of ether oxygens (including phenoxy) is 2. The molecule has 1 unspecified atom stereocenters. The monoisotopic (exact) mass is 302 g/mol. The second kappa shape index (κ2) is 12.1. The lowest BCUT2D eigenvalue weighted by Crippen LogP contribution is -2.23. The number of ketones is 2. The molecule has 0 fully saturated rings. The summed E-state index contributed by atoms with van der Waals surface area (Å²) in [5.74, 6) is -1.70. The number of hydrogen-bond donors (Lipinski definition) is 0. The van der Waals surface area contributed by atoms with Crippen molar-refractivity contribution in [3.63, 3.8) is 0 Å². The van der Waals surface area contributed by atoms with Gasteiger partial charge in [0.05, 0.1) is 13.7 Å². The molecule has 1 atom stereocenters. The topological polar surface area (TPSA) is 86.7 Å². The lowest BCUT2D eigenvalue weighted by Gasteiger charge is -2.08. The number of carbonyl (C=O) groups is 4. The first-order valence-electron chi connectivity index (χ1n) is 6.97. The summed E-state index contributed by atoms with van der Waals surface area (Å²) in [6, 6.07) is 0. The fraction of sp³-hybridized carbons (Fsp3) is 0.733. The van der Waals surface area contributed by atoms with Gasteiger partial charge in [0.25, 0.3) is 0 Å². The molecule has 0 amide bonds. The summed E-state index contributed by atoms with van der Waals surface area (Å²) in [5.41, 5.74) is 0. The summed E-state index contributed by atoms with van der Waals surface area (Å²) in [6.45, 7) is 8.78. The van der Waals surface area contributed by atoms with Gasteiger partial charge >= 0.3 is 11.9 Å². The van der Waals surface area contributed by atoms with Gasteiger partial charge in [0.15, 0.2) is 0 Å². The first-order valence-corrected chi connectivity index (χ1v) is 6.97. The van der Waals surface area contributed by atoms with Crippen LogP contribution in [0.15, 0.2) is 0 Å². The molecule has 0 aliphatic rings. The van der Waals surface area contributed by atoms with Gasteiger partial charge in [-0.05, 0) is 20.3 Å². The molecule has 0 N–H and O–H groups in total. The highest BCUT2D eigenvalue weighted by molar-refractivity contribution is 5.97. The van der Waals surface area contributed by atoms with Crippen LogP contribution in [-0.4, -0.2) is 37.2 Å². The molecule has 122 valence electrons. The SMILES string of the molecule is CCOC(=O)C(CC)C(C)=O.COC(=O)CC(=O)C(C)C. The van der Waals surface area contributed by atoms with Crippen molar-refractivity contribution in [2.45, 2.75) is 47.5 Å². The number of methoxy groups -OCH3 is 1. The Balaban J connectivity index is 0. The predicted octanol–water partition coefficient (Wildman–Crippen LogP) is 1.94. The summed E-state index contributed by atoms with van der Waals surface area (Å²) in [4.78, 5) is 43.1. The van der Waals surface area contributed by atoms with E-state index in [1.807, 2.05) is 0 Å². The molecular formula is C15H26O6. The van der Waals surface area contributed by atoms with Crippen molar-refractivity contribution in [3.8, 4) is 0 Å². The zero-order chi connectivity index (χ0) is 17.0. The van der Waals surface area contributed by atoms with Crippen molar-refractivity contribution in [2.24, 2.45) is 11.8 Å². The van der Waals surface area contributed by atoms with E-state index >= 15 is 0 Å². The summed E-state index contributed by atoms with van der Waals surface area (Å²) in [7, 11) is 1.27. The Labute approximate surface area is 126 Å².